The van der Waals surface area contributed by atoms with E-state index in [9.17, 15) is 0 Å². The predicted molar refractivity (Wildman–Crippen MR) is 148 cm³/mol. The van der Waals surface area contributed by atoms with Crippen molar-refractivity contribution in [3.63, 3.8) is 0 Å². The van der Waals surface area contributed by atoms with Crippen molar-refractivity contribution in [2.24, 2.45) is 0 Å². The van der Waals surface area contributed by atoms with Gasteiger partial charge in [-0.25, -0.2) is 0 Å². The maximum atomic E-state index is 4.50. The van der Waals surface area contributed by atoms with E-state index in [1.165, 1.54) is 28.7 Å². The summed E-state index contributed by atoms with van der Waals surface area (Å²) in [5.74, 6) is 0. The molecule has 3 heteroatoms. The molecule has 1 atom stereocenters. The van der Waals surface area contributed by atoms with Crippen molar-refractivity contribution in [3.8, 4) is 0 Å². The van der Waals surface area contributed by atoms with E-state index < -0.39 is 0 Å². The van der Waals surface area contributed by atoms with E-state index in [2.05, 4.69) is 105 Å². The molecule has 0 aliphatic carbocycles. The van der Waals surface area contributed by atoms with Gasteiger partial charge in [0.05, 0.1) is 0 Å². The third-order valence-corrected chi connectivity index (χ3v) is 7.87. The summed E-state index contributed by atoms with van der Waals surface area (Å²) in [6, 6.07) is 10.8. The topological polar surface area (TPSA) is 38.7 Å². The van der Waals surface area contributed by atoms with Crippen LogP contribution >= 0.6 is 0 Å². The largest absolute Gasteiger partial charge is 0.265 e. The lowest BCUT2D eigenvalue weighted by Gasteiger charge is -2.31. The van der Waals surface area contributed by atoms with E-state index >= 15 is 0 Å². The van der Waals surface area contributed by atoms with Crippen LogP contribution in [0.1, 0.15) is 95.9 Å². The van der Waals surface area contributed by atoms with E-state index in [1.54, 1.807) is 0 Å². The monoisotopic (exact) mass is 469 g/mol. The van der Waals surface area contributed by atoms with Crippen LogP contribution in [0.3, 0.4) is 0 Å². The first-order valence-electron chi connectivity index (χ1n) is 13.1. The zero-order valence-electron chi connectivity index (χ0n) is 22.6. The molecule has 0 N–H and O–H groups in total. The van der Waals surface area contributed by atoms with E-state index in [-0.39, 0.29) is 16.2 Å². The molecule has 35 heavy (non-hydrogen) atoms. The summed E-state index contributed by atoms with van der Waals surface area (Å²) in [5, 5.41) is 0. The number of rotatable bonds is 12. The minimum Gasteiger partial charge on any atom is -0.265 e. The highest BCUT2D eigenvalue weighted by Crippen LogP contribution is 2.36. The lowest BCUT2D eigenvalue weighted by atomic mass is 9.73. The van der Waals surface area contributed by atoms with Gasteiger partial charge in [-0.2, -0.15) is 0 Å². The smallest absolute Gasteiger partial charge is 0.0302 e. The molecule has 3 heterocycles. The number of nitrogens with zero attached hydrogens (tertiary/aromatic N) is 3. The summed E-state index contributed by atoms with van der Waals surface area (Å²) < 4.78 is 0. The average Bonchev–Trinajstić information content (AvgIpc) is 2.88. The van der Waals surface area contributed by atoms with Crippen LogP contribution in [0, 0.1) is 0 Å². The molecule has 0 saturated carbocycles. The maximum Gasteiger partial charge on any atom is 0.0302 e. The second kappa shape index (κ2) is 11.7. The SMILES string of the molecule is CCC(C)(CCc1cnccc1C(C)(C)CCC/C=C/C(C)(C)c1ccncc1)c1ccncc1. The van der Waals surface area contributed by atoms with Crippen LogP contribution in [0.15, 0.2) is 79.7 Å². The molecule has 0 aliphatic heterocycles. The van der Waals surface area contributed by atoms with Crippen LogP contribution in [-0.4, -0.2) is 15.0 Å². The highest BCUT2D eigenvalue weighted by Gasteiger charge is 2.27. The molecule has 0 fully saturated rings. The van der Waals surface area contributed by atoms with Crippen molar-refractivity contribution in [2.45, 2.75) is 96.3 Å². The van der Waals surface area contributed by atoms with Crippen LogP contribution < -0.4 is 0 Å². The third-order valence-electron chi connectivity index (χ3n) is 7.87. The first-order valence-corrected chi connectivity index (χ1v) is 13.1. The van der Waals surface area contributed by atoms with Crippen molar-refractivity contribution in [2.75, 3.05) is 0 Å². The van der Waals surface area contributed by atoms with Crippen LogP contribution in [0.5, 0.6) is 0 Å². The summed E-state index contributed by atoms with van der Waals surface area (Å²) in [6.07, 6.45) is 23.0. The molecule has 0 radical (unpaired) electrons. The fourth-order valence-corrected chi connectivity index (χ4v) is 5.03. The van der Waals surface area contributed by atoms with Crippen LogP contribution in [0.4, 0.5) is 0 Å². The summed E-state index contributed by atoms with van der Waals surface area (Å²) in [7, 11) is 0. The van der Waals surface area contributed by atoms with Gasteiger partial charge in [-0.15, -0.1) is 0 Å². The van der Waals surface area contributed by atoms with Gasteiger partial charge in [-0.1, -0.05) is 53.7 Å². The van der Waals surface area contributed by atoms with E-state index in [0.29, 0.717) is 0 Å². The minimum atomic E-state index is 0.0253. The van der Waals surface area contributed by atoms with Gasteiger partial charge in [-0.05, 0) is 102 Å². The average molecular weight is 470 g/mol. The van der Waals surface area contributed by atoms with Crippen molar-refractivity contribution < 1.29 is 0 Å². The van der Waals surface area contributed by atoms with Crippen molar-refractivity contribution >= 4 is 0 Å². The zero-order valence-corrected chi connectivity index (χ0v) is 22.6. The highest BCUT2D eigenvalue weighted by atomic mass is 14.6. The van der Waals surface area contributed by atoms with Crippen LogP contribution in [-0.2, 0) is 22.7 Å². The van der Waals surface area contributed by atoms with Crippen LogP contribution in [0.25, 0.3) is 0 Å². The predicted octanol–water partition coefficient (Wildman–Crippen LogP) is 8.15. The Morgan fingerprint density at radius 3 is 1.97 bits per heavy atom. The van der Waals surface area contributed by atoms with Crippen molar-refractivity contribution in [1.29, 1.82) is 0 Å². The maximum absolute atomic E-state index is 4.50. The molecular weight excluding hydrogens is 426 g/mol. The number of hydrogen-bond donors (Lipinski definition) is 0. The molecule has 3 aromatic heterocycles. The highest BCUT2D eigenvalue weighted by molar-refractivity contribution is 5.32. The fraction of sp³-hybridized carbons (Fsp3) is 0.469. The summed E-state index contributed by atoms with van der Waals surface area (Å²) in [6.45, 7) is 14.0. The van der Waals surface area contributed by atoms with E-state index in [0.717, 1.165) is 32.1 Å². The molecule has 0 amide bonds. The first kappa shape index (κ1) is 26.8. The summed E-state index contributed by atoms with van der Waals surface area (Å²) in [4.78, 5) is 12.9. The number of unbranched alkanes of at least 4 members (excludes halogenated alkanes) is 1. The third kappa shape index (κ3) is 7.10. The van der Waals surface area contributed by atoms with Gasteiger partial charge in [0.2, 0.25) is 0 Å². The lowest BCUT2D eigenvalue weighted by Crippen LogP contribution is -2.24. The quantitative estimate of drug-likeness (QED) is 0.198. The van der Waals surface area contributed by atoms with Gasteiger partial charge < -0.3 is 0 Å². The number of aryl methyl sites for hydroxylation is 1. The molecule has 3 rings (SSSR count). The van der Waals surface area contributed by atoms with E-state index in [4.69, 9.17) is 0 Å². The number of aromatic nitrogens is 3. The Morgan fingerprint density at radius 2 is 1.34 bits per heavy atom. The Kier molecular flexibility index (Phi) is 8.99. The number of pyridine rings is 3. The molecule has 1 unspecified atom stereocenters. The summed E-state index contributed by atoms with van der Waals surface area (Å²) >= 11 is 0. The van der Waals surface area contributed by atoms with Crippen molar-refractivity contribution in [1.82, 2.24) is 15.0 Å². The van der Waals surface area contributed by atoms with E-state index in [1.807, 2.05) is 31.0 Å². The molecule has 3 nitrogen and oxygen atoms in total. The Bertz CT molecular complexity index is 1070. The summed E-state index contributed by atoms with van der Waals surface area (Å²) in [5.41, 5.74) is 5.80. The standard InChI is InChI=1S/C32H43N3/c1-7-32(6,28-14-22-34-23-15-28)19-11-26-25-35-24-16-29(26)31(4,5)18-10-8-9-17-30(2,3)27-12-20-33-21-13-27/h9,12-17,20-25H,7-8,10-11,18-19H2,1-6H3/b17-9+. The van der Waals surface area contributed by atoms with Crippen LogP contribution in [0.2, 0.25) is 0 Å². The van der Waals surface area contributed by atoms with Gasteiger partial charge >= 0.3 is 0 Å². The molecule has 0 saturated heterocycles. The zero-order chi connectivity index (χ0) is 25.4. The Balaban J connectivity index is 1.62. The first-order chi connectivity index (χ1) is 16.7. The second-order valence-corrected chi connectivity index (χ2v) is 11.3. The molecule has 0 aliphatic rings. The molecular formula is C32H43N3. The normalized spacial score (nSPS) is 14.2. The molecule has 3 aromatic rings. The van der Waals surface area contributed by atoms with Gasteiger partial charge in [0.15, 0.2) is 0 Å². The van der Waals surface area contributed by atoms with Gasteiger partial charge in [0.25, 0.3) is 0 Å². The van der Waals surface area contributed by atoms with Gasteiger partial charge in [0, 0.05) is 42.6 Å². The number of hydrogen-bond acceptors (Lipinski definition) is 3. The second-order valence-electron chi connectivity index (χ2n) is 11.3. The Hall–Kier alpha value is -2.81. The molecule has 0 bridgehead atoms. The van der Waals surface area contributed by atoms with Crippen molar-refractivity contribution in [3.05, 3.63) is 102 Å². The lowest BCUT2D eigenvalue weighted by molar-refractivity contribution is 0.412. The minimum absolute atomic E-state index is 0.0253. The molecule has 0 spiro atoms. The molecule has 0 aromatic carbocycles. The van der Waals surface area contributed by atoms with Gasteiger partial charge in [-0.3, -0.25) is 15.0 Å². The number of allylic oxidation sites excluding steroid dienone is 2. The molecule has 186 valence electrons. The fourth-order valence-electron chi connectivity index (χ4n) is 5.03. The Morgan fingerprint density at radius 1 is 0.743 bits per heavy atom. The Labute approximate surface area is 213 Å². The van der Waals surface area contributed by atoms with Gasteiger partial charge in [0.1, 0.15) is 0 Å².